The molecule has 0 saturated carbocycles. The van der Waals surface area contributed by atoms with Crippen molar-refractivity contribution in [1.82, 2.24) is 10.2 Å². The molecule has 1 aromatic heterocycles. The van der Waals surface area contributed by atoms with E-state index in [0.29, 0.717) is 5.69 Å². The van der Waals surface area contributed by atoms with Crippen LogP contribution in [0.5, 0.6) is 0 Å². The molecule has 1 N–H and O–H groups in total. The number of hydrogen-bond acceptors (Lipinski definition) is 3. The molecule has 0 radical (unpaired) electrons. The summed E-state index contributed by atoms with van der Waals surface area (Å²) in [5, 5.41) is 10.4. The molecule has 4 nitrogen and oxygen atoms in total. The van der Waals surface area contributed by atoms with Crippen LogP contribution in [0.3, 0.4) is 0 Å². The zero-order valence-electron chi connectivity index (χ0n) is 10.3. The smallest absolute Gasteiger partial charge is 0.276 e. The van der Waals surface area contributed by atoms with Crippen molar-refractivity contribution < 1.29 is 4.79 Å². The van der Waals surface area contributed by atoms with Gasteiger partial charge in [0, 0.05) is 11.9 Å². The van der Waals surface area contributed by atoms with Crippen LogP contribution in [0.4, 0.5) is 5.69 Å². The van der Waals surface area contributed by atoms with E-state index >= 15 is 0 Å². The summed E-state index contributed by atoms with van der Waals surface area (Å²) in [5.74, 6) is -0.230. The lowest BCUT2D eigenvalue weighted by molar-refractivity contribution is 0.102. The summed E-state index contributed by atoms with van der Waals surface area (Å²) < 4.78 is 0. The Hall–Kier alpha value is -2.23. The fraction of sp³-hybridized carbons (Fsp3) is 0.214. The van der Waals surface area contributed by atoms with Crippen LogP contribution in [0.15, 0.2) is 42.6 Å². The predicted octanol–water partition coefficient (Wildman–Crippen LogP) is 2.68. The molecule has 92 valence electrons. The van der Waals surface area contributed by atoms with Crippen LogP contribution in [0.2, 0.25) is 0 Å². The number of rotatable bonds is 4. The van der Waals surface area contributed by atoms with Gasteiger partial charge in [-0.15, -0.1) is 5.10 Å². The maximum absolute atomic E-state index is 12.0. The maximum Gasteiger partial charge on any atom is 0.276 e. The maximum atomic E-state index is 12.0. The number of carbonyl (C=O) groups excluding carboxylic acids is 1. The van der Waals surface area contributed by atoms with Crippen molar-refractivity contribution in [2.24, 2.45) is 0 Å². The molecular weight excluding hydrogens is 226 g/mol. The third-order valence-electron chi connectivity index (χ3n) is 2.59. The summed E-state index contributed by atoms with van der Waals surface area (Å²) in [6, 6.07) is 11.1. The number of nitrogens with zero attached hydrogens (tertiary/aromatic N) is 2. The van der Waals surface area contributed by atoms with Gasteiger partial charge in [-0.25, -0.2) is 0 Å². The molecule has 1 aromatic carbocycles. The number of aryl methyl sites for hydroxylation is 1. The monoisotopic (exact) mass is 241 g/mol. The van der Waals surface area contributed by atoms with E-state index < -0.39 is 0 Å². The van der Waals surface area contributed by atoms with Crippen LogP contribution in [-0.4, -0.2) is 16.1 Å². The lowest BCUT2D eigenvalue weighted by Crippen LogP contribution is -2.15. The highest BCUT2D eigenvalue weighted by molar-refractivity contribution is 6.03. The first-order valence-corrected chi connectivity index (χ1v) is 5.98. The zero-order valence-corrected chi connectivity index (χ0v) is 10.3. The second kappa shape index (κ2) is 5.91. The molecule has 0 saturated heterocycles. The normalized spacial score (nSPS) is 10.1. The van der Waals surface area contributed by atoms with Crippen LogP contribution in [0.1, 0.15) is 29.4 Å². The van der Waals surface area contributed by atoms with Crippen LogP contribution in [-0.2, 0) is 6.42 Å². The molecule has 18 heavy (non-hydrogen) atoms. The average Bonchev–Trinajstić information content (AvgIpc) is 2.42. The first kappa shape index (κ1) is 12.2. The largest absolute Gasteiger partial charge is 0.320 e. The van der Waals surface area contributed by atoms with E-state index in [4.69, 9.17) is 0 Å². The van der Waals surface area contributed by atoms with Gasteiger partial charge in [0.25, 0.3) is 5.91 Å². The van der Waals surface area contributed by atoms with Crippen LogP contribution in [0, 0.1) is 0 Å². The van der Waals surface area contributed by atoms with Crippen LogP contribution >= 0.6 is 0 Å². The van der Waals surface area contributed by atoms with Crippen molar-refractivity contribution in [1.29, 1.82) is 0 Å². The lowest BCUT2D eigenvalue weighted by atomic mass is 10.1. The quantitative estimate of drug-likeness (QED) is 0.895. The van der Waals surface area contributed by atoms with E-state index in [1.807, 2.05) is 24.3 Å². The Morgan fingerprint density at radius 2 is 2.06 bits per heavy atom. The Labute approximate surface area is 106 Å². The summed E-state index contributed by atoms with van der Waals surface area (Å²) in [6.45, 7) is 2.11. The summed E-state index contributed by atoms with van der Waals surface area (Å²) in [5.41, 5.74) is 2.30. The number of para-hydroxylation sites is 1. The third-order valence-corrected chi connectivity index (χ3v) is 2.59. The second-order valence-corrected chi connectivity index (χ2v) is 3.97. The van der Waals surface area contributed by atoms with Gasteiger partial charge in [-0.2, -0.15) is 5.10 Å². The van der Waals surface area contributed by atoms with Crippen molar-refractivity contribution in [3.63, 3.8) is 0 Å². The number of aromatic nitrogens is 2. The first-order valence-electron chi connectivity index (χ1n) is 5.98. The lowest BCUT2D eigenvalue weighted by Gasteiger charge is -2.09. The summed E-state index contributed by atoms with van der Waals surface area (Å²) in [6.07, 6.45) is 3.52. The molecular formula is C14H15N3O. The minimum Gasteiger partial charge on any atom is -0.320 e. The van der Waals surface area contributed by atoms with E-state index in [2.05, 4.69) is 22.4 Å². The average molecular weight is 241 g/mol. The number of nitrogens with one attached hydrogen (secondary N) is 1. The third kappa shape index (κ3) is 2.91. The molecule has 2 aromatic rings. The first-order chi connectivity index (χ1) is 8.81. The van der Waals surface area contributed by atoms with Crippen molar-refractivity contribution in [2.45, 2.75) is 19.8 Å². The Kier molecular flexibility index (Phi) is 4.02. The van der Waals surface area contributed by atoms with E-state index in [-0.39, 0.29) is 5.91 Å². The van der Waals surface area contributed by atoms with Crippen molar-refractivity contribution in [3.05, 3.63) is 53.9 Å². The molecule has 1 heterocycles. The summed E-state index contributed by atoms with van der Waals surface area (Å²) >= 11 is 0. The summed E-state index contributed by atoms with van der Waals surface area (Å²) in [4.78, 5) is 12.0. The van der Waals surface area contributed by atoms with Gasteiger partial charge in [0.2, 0.25) is 0 Å². The van der Waals surface area contributed by atoms with Gasteiger partial charge >= 0.3 is 0 Å². The molecule has 0 aliphatic rings. The molecule has 0 aliphatic heterocycles. The molecule has 4 heteroatoms. The molecule has 1 amide bonds. The Bertz CT molecular complexity index is 526. The minimum atomic E-state index is -0.230. The number of benzene rings is 1. The van der Waals surface area contributed by atoms with Gasteiger partial charge in [0.1, 0.15) is 0 Å². The topological polar surface area (TPSA) is 54.9 Å². The Balaban J connectivity index is 2.17. The molecule has 2 rings (SSSR count). The van der Waals surface area contributed by atoms with Crippen LogP contribution in [0.25, 0.3) is 0 Å². The fourth-order valence-corrected chi connectivity index (χ4v) is 1.74. The number of carbonyl (C=O) groups is 1. The highest BCUT2D eigenvalue weighted by Crippen LogP contribution is 2.17. The zero-order chi connectivity index (χ0) is 12.8. The van der Waals surface area contributed by atoms with Crippen LogP contribution < -0.4 is 5.32 Å². The van der Waals surface area contributed by atoms with Gasteiger partial charge in [-0.3, -0.25) is 4.79 Å². The van der Waals surface area contributed by atoms with E-state index in [1.54, 1.807) is 18.3 Å². The second-order valence-electron chi connectivity index (χ2n) is 3.97. The van der Waals surface area contributed by atoms with E-state index in [9.17, 15) is 4.79 Å². The standard InChI is InChI=1S/C14H15N3O/c1-2-6-11-7-3-4-8-12(11)16-14(18)13-9-5-10-15-17-13/h3-5,7-10H,2,6H2,1H3,(H,16,18). The Morgan fingerprint density at radius 1 is 1.22 bits per heavy atom. The molecule has 0 atom stereocenters. The molecule has 0 aliphatic carbocycles. The van der Waals surface area contributed by atoms with Gasteiger partial charge in [0.05, 0.1) is 0 Å². The fourth-order valence-electron chi connectivity index (χ4n) is 1.74. The molecule has 0 fully saturated rings. The van der Waals surface area contributed by atoms with E-state index in [0.717, 1.165) is 24.1 Å². The Morgan fingerprint density at radius 3 is 2.78 bits per heavy atom. The number of anilines is 1. The highest BCUT2D eigenvalue weighted by Gasteiger charge is 2.09. The van der Waals surface area contributed by atoms with Gasteiger partial charge in [-0.05, 0) is 30.2 Å². The summed E-state index contributed by atoms with van der Waals surface area (Å²) in [7, 11) is 0. The van der Waals surface area contributed by atoms with E-state index in [1.165, 1.54) is 0 Å². The van der Waals surface area contributed by atoms with Gasteiger partial charge < -0.3 is 5.32 Å². The molecule has 0 spiro atoms. The van der Waals surface area contributed by atoms with Crippen molar-refractivity contribution in [3.8, 4) is 0 Å². The molecule has 0 unspecified atom stereocenters. The van der Waals surface area contributed by atoms with Gasteiger partial charge in [-0.1, -0.05) is 31.5 Å². The number of amides is 1. The predicted molar refractivity (Wildman–Crippen MR) is 70.4 cm³/mol. The minimum absolute atomic E-state index is 0.230. The SMILES string of the molecule is CCCc1ccccc1NC(=O)c1cccnn1. The molecule has 0 bridgehead atoms. The van der Waals surface area contributed by atoms with Gasteiger partial charge in [0.15, 0.2) is 5.69 Å². The van der Waals surface area contributed by atoms with Crippen molar-refractivity contribution in [2.75, 3.05) is 5.32 Å². The van der Waals surface area contributed by atoms with Crippen molar-refractivity contribution >= 4 is 11.6 Å². The number of hydrogen-bond donors (Lipinski definition) is 1. The highest BCUT2D eigenvalue weighted by atomic mass is 16.1.